The van der Waals surface area contributed by atoms with E-state index in [0.29, 0.717) is 27.2 Å². The molecule has 5 rings (SSSR count). The molecule has 1 fully saturated rings. The van der Waals surface area contributed by atoms with Gasteiger partial charge in [0.2, 0.25) is 0 Å². The molecule has 0 saturated carbocycles. The number of hydrogen-bond donors (Lipinski definition) is 0. The molecule has 0 N–H and O–H groups in total. The van der Waals surface area contributed by atoms with Crippen molar-refractivity contribution in [1.82, 2.24) is 0 Å². The smallest absolute Gasteiger partial charge is 0.271 e. The third-order valence-corrected chi connectivity index (χ3v) is 5.81. The maximum Gasteiger partial charge on any atom is 0.271 e. The number of carbonyl (C=O) groups excluding carboxylic acids is 1. The Morgan fingerprint density at radius 3 is 2.28 bits per heavy atom. The molecule has 4 aromatic rings. The van der Waals surface area contributed by atoms with Crippen molar-refractivity contribution in [2.75, 3.05) is 4.90 Å². The molecule has 1 amide bonds. The molecule has 1 aliphatic heterocycles. The quantitative estimate of drug-likeness (QED) is 0.325. The minimum Gasteiger partial charge on any atom is -0.457 e. The summed E-state index contributed by atoms with van der Waals surface area (Å²) in [6.07, 6.45) is 1.67. The van der Waals surface area contributed by atoms with Crippen LogP contribution in [0.25, 0.3) is 17.4 Å². The summed E-state index contributed by atoms with van der Waals surface area (Å²) in [5, 5.41) is 0.555. The van der Waals surface area contributed by atoms with Crippen molar-refractivity contribution in [2.45, 2.75) is 0 Å². The molecular weight excluding hydrogens is 423 g/mol. The van der Waals surface area contributed by atoms with Crippen LogP contribution in [0.1, 0.15) is 5.76 Å². The summed E-state index contributed by atoms with van der Waals surface area (Å²) in [6.45, 7) is 0. The van der Waals surface area contributed by atoms with E-state index in [-0.39, 0.29) is 11.7 Å². The lowest BCUT2D eigenvalue weighted by Gasteiger charge is -2.15. The summed E-state index contributed by atoms with van der Waals surface area (Å²) in [6, 6.07) is 28.7. The maximum atomic E-state index is 14.1. The molecule has 1 aromatic heterocycles. The lowest BCUT2D eigenvalue weighted by atomic mass is 10.1. The number of hydrogen-bond acceptors (Lipinski definition) is 4. The normalized spacial score (nSPS) is 16.3. The van der Waals surface area contributed by atoms with Gasteiger partial charge in [-0.15, -0.1) is 0 Å². The molecule has 0 bridgehead atoms. The number of nitrogens with zero attached hydrogens (tertiary/aromatic N) is 2. The summed E-state index contributed by atoms with van der Waals surface area (Å²) < 4.78 is 19.9. The lowest BCUT2D eigenvalue weighted by molar-refractivity contribution is -0.113. The zero-order chi connectivity index (χ0) is 21.9. The van der Waals surface area contributed by atoms with E-state index in [9.17, 15) is 9.18 Å². The number of para-hydroxylation sites is 2. The van der Waals surface area contributed by atoms with Crippen molar-refractivity contribution in [3.8, 4) is 11.3 Å². The van der Waals surface area contributed by atoms with Crippen LogP contribution in [0.4, 0.5) is 15.8 Å². The van der Waals surface area contributed by atoms with Crippen molar-refractivity contribution in [2.24, 2.45) is 4.99 Å². The molecule has 0 radical (unpaired) electrons. The van der Waals surface area contributed by atoms with Gasteiger partial charge in [-0.1, -0.05) is 48.5 Å². The van der Waals surface area contributed by atoms with Crippen LogP contribution < -0.4 is 4.90 Å². The SMILES string of the molecule is O=C1C(=Cc2ccc(-c3ccccc3F)o2)SC(=Nc2ccccc2)N1c1ccccc1. The van der Waals surface area contributed by atoms with Gasteiger partial charge in [0, 0.05) is 6.08 Å². The number of benzene rings is 3. The topological polar surface area (TPSA) is 45.8 Å². The van der Waals surface area contributed by atoms with Gasteiger partial charge in [0.15, 0.2) is 5.17 Å². The van der Waals surface area contributed by atoms with Crippen LogP contribution in [0.5, 0.6) is 0 Å². The average molecular weight is 440 g/mol. The molecule has 6 heteroatoms. The van der Waals surface area contributed by atoms with E-state index in [4.69, 9.17) is 4.42 Å². The number of thioether (sulfide) groups is 1. The molecule has 0 spiro atoms. The van der Waals surface area contributed by atoms with Gasteiger partial charge in [-0.05, 0) is 60.3 Å². The Labute approximate surface area is 188 Å². The summed E-state index contributed by atoms with van der Waals surface area (Å²) in [5.74, 6) is 0.316. The van der Waals surface area contributed by atoms with E-state index in [0.717, 1.165) is 11.4 Å². The fourth-order valence-corrected chi connectivity index (χ4v) is 4.31. The molecule has 3 aromatic carbocycles. The molecule has 1 aliphatic rings. The number of aliphatic imine (C=N–C) groups is 1. The van der Waals surface area contributed by atoms with E-state index >= 15 is 0 Å². The summed E-state index contributed by atoms with van der Waals surface area (Å²) in [7, 11) is 0. The first-order valence-electron chi connectivity index (χ1n) is 9.96. The highest BCUT2D eigenvalue weighted by molar-refractivity contribution is 8.19. The van der Waals surface area contributed by atoms with Gasteiger partial charge in [0.05, 0.1) is 21.8 Å². The Morgan fingerprint density at radius 2 is 1.53 bits per heavy atom. The minimum atomic E-state index is -0.361. The molecule has 4 nitrogen and oxygen atoms in total. The fourth-order valence-electron chi connectivity index (χ4n) is 3.33. The predicted molar refractivity (Wildman–Crippen MR) is 127 cm³/mol. The van der Waals surface area contributed by atoms with E-state index in [1.807, 2.05) is 60.7 Å². The highest BCUT2D eigenvalue weighted by Crippen LogP contribution is 2.37. The Morgan fingerprint density at radius 1 is 0.844 bits per heavy atom. The highest BCUT2D eigenvalue weighted by atomic mass is 32.2. The Hall–Kier alpha value is -3.90. The number of anilines is 1. The number of halogens is 1. The van der Waals surface area contributed by atoms with Crippen molar-refractivity contribution in [3.05, 3.63) is 114 Å². The number of amidine groups is 1. The fraction of sp³-hybridized carbons (Fsp3) is 0. The Kier molecular flexibility index (Phi) is 5.44. The van der Waals surface area contributed by atoms with Crippen molar-refractivity contribution < 1.29 is 13.6 Å². The first kappa shape index (κ1) is 20.0. The van der Waals surface area contributed by atoms with Gasteiger partial charge in [0.1, 0.15) is 17.3 Å². The average Bonchev–Trinajstić information content (AvgIpc) is 3.40. The standard InChI is InChI=1S/C26H17FN2O2S/c27-22-14-8-7-13-21(22)23-16-15-20(31-23)17-24-25(30)29(19-11-5-2-6-12-19)26(32-24)28-18-9-3-1-4-10-18/h1-17H. The van der Waals surface area contributed by atoms with Gasteiger partial charge >= 0.3 is 0 Å². The van der Waals surface area contributed by atoms with Gasteiger partial charge in [-0.25, -0.2) is 9.38 Å². The van der Waals surface area contributed by atoms with E-state index < -0.39 is 0 Å². The third kappa shape index (κ3) is 4.00. The van der Waals surface area contributed by atoms with Gasteiger partial charge in [-0.2, -0.15) is 0 Å². The van der Waals surface area contributed by atoms with Gasteiger partial charge in [-0.3, -0.25) is 9.69 Å². The second-order valence-corrected chi connectivity index (χ2v) is 8.01. The first-order chi connectivity index (χ1) is 15.7. The van der Waals surface area contributed by atoms with Crippen molar-refractivity contribution in [3.63, 3.8) is 0 Å². The van der Waals surface area contributed by atoms with Gasteiger partial charge < -0.3 is 4.42 Å². The van der Waals surface area contributed by atoms with Crippen LogP contribution in [0.2, 0.25) is 0 Å². The number of furan rings is 1. The van der Waals surface area contributed by atoms with Crippen LogP contribution in [-0.2, 0) is 4.79 Å². The lowest BCUT2D eigenvalue weighted by Crippen LogP contribution is -2.28. The second-order valence-electron chi connectivity index (χ2n) is 7.00. The number of amides is 1. The number of carbonyl (C=O) groups is 1. The Balaban J connectivity index is 1.51. The second kappa shape index (κ2) is 8.69. The van der Waals surface area contributed by atoms with E-state index in [2.05, 4.69) is 4.99 Å². The minimum absolute atomic E-state index is 0.195. The first-order valence-corrected chi connectivity index (χ1v) is 10.8. The van der Waals surface area contributed by atoms with Crippen LogP contribution in [-0.4, -0.2) is 11.1 Å². The third-order valence-electron chi connectivity index (χ3n) is 4.84. The van der Waals surface area contributed by atoms with Gasteiger partial charge in [0.25, 0.3) is 5.91 Å². The van der Waals surface area contributed by atoms with E-state index in [1.54, 1.807) is 41.3 Å². The predicted octanol–water partition coefficient (Wildman–Crippen LogP) is 6.89. The van der Waals surface area contributed by atoms with E-state index in [1.165, 1.54) is 17.8 Å². The highest BCUT2D eigenvalue weighted by Gasteiger charge is 2.35. The molecule has 0 unspecified atom stereocenters. The molecule has 2 heterocycles. The van der Waals surface area contributed by atoms with Crippen LogP contribution in [0.15, 0.2) is 111 Å². The number of rotatable bonds is 4. The Bertz CT molecular complexity index is 1330. The van der Waals surface area contributed by atoms with Crippen molar-refractivity contribution in [1.29, 1.82) is 0 Å². The molecule has 32 heavy (non-hydrogen) atoms. The largest absolute Gasteiger partial charge is 0.457 e. The maximum absolute atomic E-state index is 14.1. The molecule has 0 atom stereocenters. The molecular formula is C26H17FN2O2S. The monoisotopic (exact) mass is 440 g/mol. The zero-order valence-electron chi connectivity index (χ0n) is 16.8. The molecule has 156 valence electrons. The van der Waals surface area contributed by atoms with Crippen LogP contribution in [0, 0.1) is 5.82 Å². The molecule has 0 aliphatic carbocycles. The zero-order valence-corrected chi connectivity index (χ0v) is 17.6. The van der Waals surface area contributed by atoms with Crippen LogP contribution >= 0.6 is 11.8 Å². The molecule has 1 saturated heterocycles. The van der Waals surface area contributed by atoms with Crippen molar-refractivity contribution >= 4 is 40.3 Å². The summed E-state index contributed by atoms with van der Waals surface area (Å²) in [5.41, 5.74) is 1.86. The summed E-state index contributed by atoms with van der Waals surface area (Å²) in [4.78, 5) is 20.0. The summed E-state index contributed by atoms with van der Waals surface area (Å²) >= 11 is 1.27. The van der Waals surface area contributed by atoms with Crippen LogP contribution in [0.3, 0.4) is 0 Å².